The summed E-state index contributed by atoms with van der Waals surface area (Å²) in [6.45, 7) is 12.7. The first-order chi connectivity index (χ1) is 14.5. The van der Waals surface area contributed by atoms with E-state index in [1.54, 1.807) is 13.8 Å². The van der Waals surface area contributed by atoms with E-state index in [9.17, 15) is 24.0 Å². The molecule has 11 nitrogen and oxygen atoms in total. The Hall–Kier alpha value is -3.21. The third-order valence-electron chi connectivity index (χ3n) is 4.12. The highest BCUT2D eigenvalue weighted by molar-refractivity contribution is 5.81. The van der Waals surface area contributed by atoms with Crippen molar-refractivity contribution in [2.24, 2.45) is 0 Å². The van der Waals surface area contributed by atoms with Crippen molar-refractivity contribution in [2.45, 2.75) is 65.6 Å². The Morgan fingerprint density at radius 1 is 0.774 bits per heavy atom. The Kier molecular flexibility index (Phi) is 9.87. The quantitative estimate of drug-likeness (QED) is 0.324. The molecule has 0 spiro atoms. The molecule has 3 unspecified atom stereocenters. The highest BCUT2D eigenvalue weighted by Gasteiger charge is 2.21. The fraction of sp³-hybridized carbons (Fsp3) is 0.550. The van der Waals surface area contributed by atoms with Gasteiger partial charge in [0.05, 0.1) is 25.7 Å². The molecule has 1 rings (SSSR count). The molecule has 0 amide bonds. The van der Waals surface area contributed by atoms with Gasteiger partial charge in [0.1, 0.15) is 12.2 Å². The predicted octanol–water partition coefficient (Wildman–Crippen LogP) is -0.168. The molecule has 0 N–H and O–H groups in total. The summed E-state index contributed by atoms with van der Waals surface area (Å²) in [5.74, 6) is -1.44. The molecular formula is C20H29N3O8. The zero-order valence-electron chi connectivity index (χ0n) is 18.2. The minimum Gasteiger partial charge on any atom is -0.458 e. The molecule has 3 atom stereocenters. The van der Waals surface area contributed by atoms with Crippen molar-refractivity contribution >= 4 is 11.9 Å². The van der Waals surface area contributed by atoms with Crippen molar-refractivity contribution in [1.82, 2.24) is 13.7 Å². The summed E-state index contributed by atoms with van der Waals surface area (Å²) in [5.41, 5.74) is -2.65. The van der Waals surface area contributed by atoms with E-state index in [2.05, 4.69) is 13.2 Å². The van der Waals surface area contributed by atoms with Crippen LogP contribution in [0.3, 0.4) is 0 Å². The maximum Gasteiger partial charge on any atom is 0.336 e. The number of hydrogen-bond donors (Lipinski definition) is 0. The molecule has 0 aliphatic rings. The van der Waals surface area contributed by atoms with Crippen LogP contribution in [0, 0.1) is 0 Å². The van der Waals surface area contributed by atoms with Crippen molar-refractivity contribution in [3.8, 4) is 0 Å². The highest BCUT2D eigenvalue weighted by atomic mass is 16.5. The van der Waals surface area contributed by atoms with E-state index in [1.807, 2.05) is 0 Å². The first-order valence-electron chi connectivity index (χ1n) is 9.77. The molecule has 172 valence electrons. The van der Waals surface area contributed by atoms with E-state index in [4.69, 9.17) is 14.2 Å². The van der Waals surface area contributed by atoms with Gasteiger partial charge in [0, 0.05) is 18.8 Å². The molecule has 0 fully saturated rings. The average Bonchev–Trinajstić information content (AvgIpc) is 2.71. The monoisotopic (exact) mass is 439 g/mol. The van der Waals surface area contributed by atoms with Crippen molar-refractivity contribution in [1.29, 1.82) is 0 Å². The van der Waals surface area contributed by atoms with Gasteiger partial charge >= 0.3 is 29.0 Å². The van der Waals surface area contributed by atoms with Gasteiger partial charge in [-0.1, -0.05) is 13.2 Å². The Labute approximate surface area is 179 Å². The van der Waals surface area contributed by atoms with Gasteiger partial charge in [-0.15, -0.1) is 0 Å². The van der Waals surface area contributed by atoms with Crippen molar-refractivity contribution in [3.05, 3.63) is 56.8 Å². The summed E-state index contributed by atoms with van der Waals surface area (Å²) in [6, 6.07) is 0. The van der Waals surface area contributed by atoms with Crippen LogP contribution in [0.1, 0.15) is 27.7 Å². The smallest absolute Gasteiger partial charge is 0.336 e. The normalized spacial score (nSPS) is 13.7. The molecule has 11 heteroatoms. The fourth-order valence-corrected chi connectivity index (χ4v) is 2.83. The van der Waals surface area contributed by atoms with Gasteiger partial charge in [-0.05, 0) is 27.7 Å². The topological polar surface area (TPSA) is 128 Å². The third-order valence-corrected chi connectivity index (χ3v) is 4.12. The van der Waals surface area contributed by atoms with E-state index >= 15 is 0 Å². The van der Waals surface area contributed by atoms with Gasteiger partial charge in [0.25, 0.3) is 0 Å². The number of hydrogen-bond acceptors (Lipinski definition) is 8. The highest BCUT2D eigenvalue weighted by Crippen LogP contribution is 1.98. The van der Waals surface area contributed by atoms with E-state index in [0.717, 1.165) is 25.9 Å². The Morgan fingerprint density at radius 3 is 1.39 bits per heavy atom. The molecule has 0 aromatic carbocycles. The maximum absolute atomic E-state index is 12.9. The minimum absolute atomic E-state index is 0.104. The average molecular weight is 439 g/mol. The number of carbonyl (C=O) groups is 2. The van der Waals surface area contributed by atoms with Crippen LogP contribution >= 0.6 is 0 Å². The number of rotatable bonds is 12. The second-order valence-corrected chi connectivity index (χ2v) is 6.85. The lowest BCUT2D eigenvalue weighted by molar-refractivity contribution is -0.143. The standard InChI is InChI=1S/C20H29N3O8/c1-7-16(24)30-14(5)11-22-18(26)21(10-13(4)29-9-3)19(27)23(20(22)28)12-15(6)31-17(25)8-2/h7-8,13-15H,1-2,9-12H2,3-6H3. The Balaban J connectivity index is 3.48. The lowest BCUT2D eigenvalue weighted by Gasteiger charge is -2.20. The zero-order valence-corrected chi connectivity index (χ0v) is 18.2. The fourth-order valence-electron chi connectivity index (χ4n) is 2.83. The van der Waals surface area contributed by atoms with Crippen LogP contribution in [0.4, 0.5) is 0 Å². The van der Waals surface area contributed by atoms with Crippen LogP contribution in [0.25, 0.3) is 0 Å². The third kappa shape index (κ3) is 7.21. The number of nitrogens with zero attached hydrogens (tertiary/aromatic N) is 3. The number of esters is 2. The van der Waals surface area contributed by atoms with Crippen molar-refractivity contribution in [2.75, 3.05) is 6.61 Å². The van der Waals surface area contributed by atoms with Crippen LogP contribution in [0.5, 0.6) is 0 Å². The molecule has 0 aliphatic carbocycles. The molecule has 1 aromatic heterocycles. The minimum atomic E-state index is -0.918. The van der Waals surface area contributed by atoms with Crippen LogP contribution in [-0.4, -0.2) is 50.6 Å². The molecule has 0 aliphatic heterocycles. The first kappa shape index (κ1) is 25.8. The lowest BCUT2D eigenvalue weighted by Crippen LogP contribution is -2.57. The number of aromatic nitrogens is 3. The summed E-state index contributed by atoms with van der Waals surface area (Å²) in [6.07, 6.45) is -0.274. The molecule has 31 heavy (non-hydrogen) atoms. The molecule has 0 bridgehead atoms. The molecule has 0 saturated heterocycles. The predicted molar refractivity (Wildman–Crippen MR) is 112 cm³/mol. The van der Waals surface area contributed by atoms with Gasteiger partial charge in [-0.2, -0.15) is 0 Å². The summed E-state index contributed by atoms with van der Waals surface area (Å²) in [7, 11) is 0. The second kappa shape index (κ2) is 11.8. The number of carbonyl (C=O) groups excluding carboxylic acids is 2. The van der Waals surface area contributed by atoms with Gasteiger partial charge in [-0.25, -0.2) is 37.7 Å². The summed E-state index contributed by atoms with van der Waals surface area (Å²) >= 11 is 0. The summed E-state index contributed by atoms with van der Waals surface area (Å²) in [5, 5.41) is 0. The molecular weight excluding hydrogens is 410 g/mol. The van der Waals surface area contributed by atoms with Gasteiger partial charge in [-0.3, -0.25) is 0 Å². The van der Waals surface area contributed by atoms with Crippen molar-refractivity contribution in [3.63, 3.8) is 0 Å². The van der Waals surface area contributed by atoms with E-state index in [-0.39, 0.29) is 19.6 Å². The molecule has 0 radical (unpaired) electrons. The first-order valence-corrected chi connectivity index (χ1v) is 9.77. The summed E-state index contributed by atoms with van der Waals surface area (Å²) < 4.78 is 17.9. The molecule has 0 saturated carbocycles. The summed E-state index contributed by atoms with van der Waals surface area (Å²) in [4.78, 5) is 61.6. The number of ether oxygens (including phenoxy) is 3. The Morgan fingerprint density at radius 2 is 1.10 bits per heavy atom. The largest absolute Gasteiger partial charge is 0.458 e. The van der Waals surface area contributed by atoms with Crippen LogP contribution in [0.15, 0.2) is 39.7 Å². The Bertz CT molecular complexity index is 919. The van der Waals surface area contributed by atoms with Gasteiger partial charge < -0.3 is 14.2 Å². The SMILES string of the molecule is C=CC(=O)OC(C)Cn1c(=O)n(CC(C)OCC)c(=O)n(CC(C)OC(=O)C=C)c1=O. The van der Waals surface area contributed by atoms with E-state index in [1.165, 1.54) is 13.8 Å². The van der Waals surface area contributed by atoms with Gasteiger partial charge in [0.2, 0.25) is 0 Å². The van der Waals surface area contributed by atoms with E-state index in [0.29, 0.717) is 6.61 Å². The van der Waals surface area contributed by atoms with Crippen LogP contribution < -0.4 is 17.1 Å². The molecule has 1 aromatic rings. The van der Waals surface area contributed by atoms with Crippen LogP contribution in [0.2, 0.25) is 0 Å². The van der Waals surface area contributed by atoms with Crippen molar-refractivity contribution < 1.29 is 23.8 Å². The molecule has 1 heterocycles. The van der Waals surface area contributed by atoms with Gasteiger partial charge in [0.15, 0.2) is 0 Å². The van der Waals surface area contributed by atoms with Crippen LogP contribution in [-0.2, 0) is 43.4 Å². The second-order valence-electron chi connectivity index (χ2n) is 6.85. The zero-order chi connectivity index (χ0) is 23.7. The lowest BCUT2D eigenvalue weighted by atomic mass is 10.3. The van der Waals surface area contributed by atoms with E-state index < -0.39 is 47.3 Å². The maximum atomic E-state index is 12.9.